The van der Waals surface area contributed by atoms with Gasteiger partial charge in [0.2, 0.25) is 0 Å². The highest BCUT2D eigenvalue weighted by Gasteiger charge is 2.10. The van der Waals surface area contributed by atoms with Crippen LogP contribution in [0.15, 0.2) is 43.0 Å². The molecule has 1 atom stereocenters. The molecule has 0 spiro atoms. The highest BCUT2D eigenvalue weighted by Crippen LogP contribution is 2.16. The first-order valence-corrected chi connectivity index (χ1v) is 5.24. The molecule has 4 nitrogen and oxygen atoms in total. The molecule has 1 unspecified atom stereocenters. The van der Waals surface area contributed by atoms with Crippen LogP contribution in [0.3, 0.4) is 0 Å². The Morgan fingerprint density at radius 1 is 1.41 bits per heavy atom. The molecule has 2 aromatic rings. The van der Waals surface area contributed by atoms with Crippen molar-refractivity contribution in [3.8, 4) is 6.07 Å². The second-order valence-corrected chi connectivity index (χ2v) is 3.74. The van der Waals surface area contributed by atoms with E-state index in [9.17, 15) is 4.79 Å². The lowest BCUT2D eigenvalue weighted by Crippen LogP contribution is -2.09. The van der Waals surface area contributed by atoms with Crippen LogP contribution in [0.2, 0.25) is 0 Å². The Kier molecular flexibility index (Phi) is 3.31. The standard InChI is InChI=1S/C13H11N3O/c14-7-11-1-3-12(4-2-11)13(9-17)8-16-6-5-15-10-16/h1-6,9-10,13H,8H2. The maximum Gasteiger partial charge on any atom is 0.129 e. The highest BCUT2D eigenvalue weighted by atomic mass is 16.1. The number of benzene rings is 1. The summed E-state index contributed by atoms with van der Waals surface area (Å²) in [4.78, 5) is 15.0. The summed E-state index contributed by atoms with van der Waals surface area (Å²) in [5.74, 6) is -0.211. The molecule has 0 amide bonds. The summed E-state index contributed by atoms with van der Waals surface area (Å²) in [6.45, 7) is 0.565. The second-order valence-electron chi connectivity index (χ2n) is 3.74. The van der Waals surface area contributed by atoms with Gasteiger partial charge in [0.1, 0.15) is 6.29 Å². The predicted molar refractivity (Wildman–Crippen MR) is 62.2 cm³/mol. The molecule has 0 aliphatic carbocycles. The van der Waals surface area contributed by atoms with Gasteiger partial charge >= 0.3 is 0 Å². The third-order valence-corrected chi connectivity index (χ3v) is 2.60. The minimum absolute atomic E-state index is 0.211. The maximum atomic E-state index is 11.1. The Hall–Kier alpha value is -2.41. The van der Waals surface area contributed by atoms with Crippen LogP contribution in [-0.2, 0) is 11.3 Å². The summed E-state index contributed by atoms with van der Waals surface area (Å²) in [6.07, 6.45) is 6.10. The molecule has 0 saturated carbocycles. The molecule has 0 bridgehead atoms. The van der Waals surface area contributed by atoms with E-state index in [-0.39, 0.29) is 5.92 Å². The minimum atomic E-state index is -0.211. The summed E-state index contributed by atoms with van der Waals surface area (Å²) in [7, 11) is 0. The first-order valence-electron chi connectivity index (χ1n) is 5.24. The van der Waals surface area contributed by atoms with Crippen LogP contribution in [0.5, 0.6) is 0 Å². The van der Waals surface area contributed by atoms with Crippen molar-refractivity contribution >= 4 is 6.29 Å². The van der Waals surface area contributed by atoms with E-state index in [1.165, 1.54) is 0 Å². The van der Waals surface area contributed by atoms with E-state index in [0.29, 0.717) is 12.1 Å². The van der Waals surface area contributed by atoms with E-state index in [1.54, 1.807) is 24.7 Å². The van der Waals surface area contributed by atoms with Gasteiger partial charge in [0.15, 0.2) is 0 Å². The summed E-state index contributed by atoms with van der Waals surface area (Å²) < 4.78 is 1.86. The van der Waals surface area contributed by atoms with E-state index in [2.05, 4.69) is 11.1 Å². The fraction of sp³-hybridized carbons (Fsp3) is 0.154. The number of hydrogen-bond donors (Lipinski definition) is 0. The number of carbonyl (C=O) groups excluding carboxylic acids is 1. The lowest BCUT2D eigenvalue weighted by molar-refractivity contribution is -0.109. The zero-order valence-electron chi connectivity index (χ0n) is 9.15. The summed E-state index contributed by atoms with van der Waals surface area (Å²) >= 11 is 0. The topological polar surface area (TPSA) is 58.7 Å². The number of nitriles is 1. The zero-order chi connectivity index (χ0) is 12.1. The Bertz CT molecular complexity index is 523. The van der Waals surface area contributed by atoms with Crippen molar-refractivity contribution in [2.75, 3.05) is 0 Å². The second kappa shape index (κ2) is 5.08. The van der Waals surface area contributed by atoms with Gasteiger partial charge < -0.3 is 9.36 Å². The smallest absolute Gasteiger partial charge is 0.129 e. The van der Waals surface area contributed by atoms with E-state index in [4.69, 9.17) is 5.26 Å². The number of hydrogen-bond acceptors (Lipinski definition) is 3. The van der Waals surface area contributed by atoms with Gasteiger partial charge in [-0.05, 0) is 17.7 Å². The molecule has 0 radical (unpaired) electrons. The summed E-state index contributed by atoms with van der Waals surface area (Å²) in [5.41, 5.74) is 1.51. The van der Waals surface area contributed by atoms with Gasteiger partial charge in [-0.3, -0.25) is 0 Å². The number of carbonyl (C=O) groups is 1. The number of rotatable bonds is 4. The Labute approximate surface area is 99.1 Å². The van der Waals surface area contributed by atoms with E-state index in [1.807, 2.05) is 22.9 Å². The monoisotopic (exact) mass is 225 g/mol. The van der Waals surface area contributed by atoms with Gasteiger partial charge in [-0.1, -0.05) is 12.1 Å². The zero-order valence-corrected chi connectivity index (χ0v) is 9.15. The lowest BCUT2D eigenvalue weighted by atomic mass is 9.99. The lowest BCUT2D eigenvalue weighted by Gasteiger charge is -2.11. The molecule has 4 heteroatoms. The molecule has 1 aromatic heterocycles. The fourth-order valence-corrected chi connectivity index (χ4v) is 1.65. The average molecular weight is 225 g/mol. The number of imidazole rings is 1. The molecule has 0 N–H and O–H groups in total. The van der Waals surface area contributed by atoms with Gasteiger partial charge in [0, 0.05) is 18.9 Å². The van der Waals surface area contributed by atoms with Crippen molar-refractivity contribution in [3.63, 3.8) is 0 Å². The van der Waals surface area contributed by atoms with Gasteiger partial charge in [0.25, 0.3) is 0 Å². The first-order chi connectivity index (χ1) is 8.33. The van der Waals surface area contributed by atoms with Crippen LogP contribution < -0.4 is 0 Å². The Balaban J connectivity index is 2.17. The quantitative estimate of drug-likeness (QED) is 0.744. The van der Waals surface area contributed by atoms with Gasteiger partial charge in [0.05, 0.1) is 23.9 Å². The van der Waals surface area contributed by atoms with Crippen molar-refractivity contribution in [2.45, 2.75) is 12.5 Å². The largest absolute Gasteiger partial charge is 0.336 e. The van der Waals surface area contributed by atoms with Gasteiger partial charge in [-0.25, -0.2) is 4.98 Å². The van der Waals surface area contributed by atoms with Crippen LogP contribution in [-0.4, -0.2) is 15.8 Å². The fourth-order valence-electron chi connectivity index (χ4n) is 1.65. The number of aromatic nitrogens is 2. The maximum absolute atomic E-state index is 11.1. The predicted octanol–water partition coefficient (Wildman–Crippen LogP) is 1.74. The summed E-state index contributed by atoms with van der Waals surface area (Å²) in [6, 6.07) is 9.13. The molecular weight excluding hydrogens is 214 g/mol. The van der Waals surface area contributed by atoms with Crippen molar-refractivity contribution in [1.82, 2.24) is 9.55 Å². The van der Waals surface area contributed by atoms with Crippen LogP contribution >= 0.6 is 0 Å². The molecule has 0 saturated heterocycles. The number of aldehydes is 1. The summed E-state index contributed by atoms with van der Waals surface area (Å²) in [5, 5.41) is 8.70. The molecule has 84 valence electrons. The number of nitrogens with zero attached hydrogens (tertiary/aromatic N) is 3. The highest BCUT2D eigenvalue weighted by molar-refractivity contribution is 5.62. The Morgan fingerprint density at radius 3 is 2.71 bits per heavy atom. The van der Waals surface area contributed by atoms with Crippen LogP contribution in [0.1, 0.15) is 17.0 Å². The third kappa shape index (κ3) is 2.58. The molecular formula is C13H11N3O. The van der Waals surface area contributed by atoms with Gasteiger partial charge in [-0.2, -0.15) is 5.26 Å². The molecule has 1 aromatic carbocycles. The first kappa shape index (κ1) is 11.1. The molecule has 0 fully saturated rings. The van der Waals surface area contributed by atoms with Gasteiger partial charge in [-0.15, -0.1) is 0 Å². The van der Waals surface area contributed by atoms with Crippen molar-refractivity contribution < 1.29 is 4.79 Å². The van der Waals surface area contributed by atoms with Crippen LogP contribution in [0.25, 0.3) is 0 Å². The van der Waals surface area contributed by atoms with E-state index >= 15 is 0 Å². The van der Waals surface area contributed by atoms with Crippen molar-refractivity contribution in [1.29, 1.82) is 5.26 Å². The molecule has 2 rings (SSSR count). The van der Waals surface area contributed by atoms with Crippen molar-refractivity contribution in [3.05, 3.63) is 54.1 Å². The molecule has 17 heavy (non-hydrogen) atoms. The molecule has 0 aliphatic rings. The molecule has 0 aliphatic heterocycles. The SMILES string of the molecule is N#Cc1ccc(C(C=O)Cn2ccnc2)cc1. The molecule has 1 heterocycles. The van der Waals surface area contributed by atoms with E-state index in [0.717, 1.165) is 11.8 Å². The average Bonchev–Trinajstić information content (AvgIpc) is 2.89. The van der Waals surface area contributed by atoms with E-state index < -0.39 is 0 Å². The van der Waals surface area contributed by atoms with Crippen molar-refractivity contribution in [2.24, 2.45) is 0 Å². The van der Waals surface area contributed by atoms with Crippen LogP contribution in [0, 0.1) is 11.3 Å². The third-order valence-electron chi connectivity index (χ3n) is 2.60. The minimum Gasteiger partial charge on any atom is -0.336 e. The Morgan fingerprint density at radius 2 is 2.18 bits per heavy atom. The van der Waals surface area contributed by atoms with Crippen LogP contribution in [0.4, 0.5) is 0 Å². The normalized spacial score (nSPS) is 11.7.